The Labute approximate surface area is 457 Å². The minimum Gasteiger partial charge on any atom is -0.340 e. The van der Waals surface area contributed by atoms with Crippen LogP contribution in [-0.2, 0) is 20.8 Å². The summed E-state index contributed by atoms with van der Waals surface area (Å²) in [6, 6.07) is 19.2. The van der Waals surface area contributed by atoms with E-state index in [0.29, 0.717) is 103 Å². The molecule has 1 saturated carbocycles. The van der Waals surface area contributed by atoms with Gasteiger partial charge in [-0.2, -0.15) is 5.10 Å². The zero-order valence-electron chi connectivity index (χ0n) is 45.3. The highest BCUT2D eigenvalue weighted by atomic mass is 19.1. The minimum absolute atomic E-state index is 0.0157. The van der Waals surface area contributed by atoms with E-state index in [0.717, 1.165) is 97.2 Å². The molecule has 4 aromatic rings. The lowest BCUT2D eigenvalue weighted by atomic mass is 9.83. The van der Waals surface area contributed by atoms with E-state index in [1.807, 2.05) is 45.6 Å². The lowest BCUT2D eigenvalue weighted by molar-refractivity contribution is -0.137. The van der Waals surface area contributed by atoms with Crippen molar-refractivity contribution >= 4 is 40.3 Å². The zero-order valence-corrected chi connectivity index (χ0v) is 45.3. The number of H-pyrrole nitrogens is 1. The van der Waals surface area contributed by atoms with Crippen molar-refractivity contribution in [3.63, 3.8) is 0 Å². The van der Waals surface area contributed by atoms with Crippen LogP contribution in [0.15, 0.2) is 108 Å². The highest BCUT2D eigenvalue weighted by molar-refractivity contribution is 5.99. The Morgan fingerprint density at radius 1 is 0.808 bits per heavy atom. The molecule has 0 spiro atoms. The molecule has 18 heteroatoms. The number of halogens is 1. The highest BCUT2D eigenvalue weighted by Gasteiger charge is 2.36. The van der Waals surface area contributed by atoms with E-state index in [1.54, 1.807) is 42.2 Å². The number of nitrogens with two attached hydrogens (primary N) is 1. The predicted octanol–water partition coefficient (Wildman–Crippen LogP) is 5.30. The van der Waals surface area contributed by atoms with Crippen molar-refractivity contribution in [2.75, 3.05) is 91.6 Å². The molecule has 0 radical (unpaired) electrons. The number of hydrogen-bond acceptors (Lipinski definition) is 11. The summed E-state index contributed by atoms with van der Waals surface area (Å²) in [6.07, 6.45) is 13.0. The van der Waals surface area contributed by atoms with Crippen LogP contribution in [0.2, 0.25) is 0 Å². The van der Waals surface area contributed by atoms with Crippen molar-refractivity contribution in [2.24, 2.45) is 17.7 Å². The summed E-state index contributed by atoms with van der Waals surface area (Å²) in [5, 5.41) is 14.7. The first kappa shape index (κ1) is 57.3. The number of fused-ring (bicyclic) bond motifs is 1. The fourth-order valence-corrected chi connectivity index (χ4v) is 11.8. The molecule has 5 amide bonds. The molecule has 3 aromatic carbocycles. The second kappa shape index (κ2) is 27.6. The Balaban J connectivity index is 0.000000658. The molecule has 2 atom stereocenters. The molecule has 2 unspecified atom stereocenters. The molecule has 416 valence electrons. The lowest BCUT2D eigenvalue weighted by Gasteiger charge is -2.41. The lowest BCUT2D eigenvalue weighted by Crippen LogP contribution is -2.57. The normalized spacial score (nSPS) is 19.6. The number of rotatable bonds is 15. The number of nitrogens with zero attached hydrogens (tertiary/aromatic N) is 6. The Hall–Kier alpha value is -6.86. The van der Waals surface area contributed by atoms with Crippen molar-refractivity contribution in [3.05, 3.63) is 147 Å². The van der Waals surface area contributed by atoms with Crippen LogP contribution < -0.4 is 27.5 Å². The molecule has 5 fully saturated rings. The van der Waals surface area contributed by atoms with Crippen molar-refractivity contribution in [1.29, 1.82) is 0 Å². The Bertz CT molecular complexity index is 2870. The number of aromatic amines is 1. The van der Waals surface area contributed by atoms with Crippen LogP contribution in [-0.4, -0.2) is 162 Å². The third-order valence-corrected chi connectivity index (χ3v) is 16.4. The zero-order chi connectivity index (χ0) is 55.1. The molecule has 5 aliphatic rings. The summed E-state index contributed by atoms with van der Waals surface area (Å²) >= 11 is 0. The Morgan fingerprint density at radius 2 is 1.51 bits per heavy atom. The first-order valence-electron chi connectivity index (χ1n) is 28.0. The molecule has 0 bridgehead atoms. The number of allylic oxidation sites excluding steroid dienone is 2. The van der Waals surface area contributed by atoms with Gasteiger partial charge in [-0.3, -0.25) is 44.0 Å². The number of nitrogens with one attached hydrogen (secondary N) is 4. The number of amides is 5. The van der Waals surface area contributed by atoms with Crippen LogP contribution in [0.25, 0.3) is 10.8 Å². The fraction of sp³-hybridized carbons (Fsp3) is 0.483. The number of likely N-dealkylation sites (tertiary alicyclic amines) is 1. The molecular formula is C60H78FN11O6. The molecule has 1 aromatic heterocycles. The van der Waals surface area contributed by atoms with E-state index in [-0.39, 0.29) is 40.7 Å². The van der Waals surface area contributed by atoms with Crippen LogP contribution in [0.5, 0.6) is 0 Å². The summed E-state index contributed by atoms with van der Waals surface area (Å²) in [7, 11) is 0. The topological polar surface area (TPSA) is 209 Å². The first-order chi connectivity index (χ1) is 37.8. The first-order valence-corrected chi connectivity index (χ1v) is 28.0. The number of benzene rings is 3. The molecule has 4 aliphatic heterocycles. The second-order valence-corrected chi connectivity index (χ2v) is 21.5. The summed E-state index contributed by atoms with van der Waals surface area (Å²) in [5.74, 6) is 4.60. The van der Waals surface area contributed by atoms with Gasteiger partial charge in [0.15, 0.2) is 0 Å². The molecule has 5 heterocycles. The molecule has 9 rings (SSSR count). The van der Waals surface area contributed by atoms with Gasteiger partial charge in [0, 0.05) is 88.4 Å². The van der Waals surface area contributed by atoms with Crippen molar-refractivity contribution in [2.45, 2.75) is 83.1 Å². The molecule has 17 nitrogen and oxygen atoms in total. The van der Waals surface area contributed by atoms with Gasteiger partial charge in [-0.25, -0.2) is 15.3 Å². The summed E-state index contributed by atoms with van der Waals surface area (Å²) in [6.45, 7) is 18.2. The largest absolute Gasteiger partial charge is 0.340 e. The smallest absolute Gasteiger partial charge is 0.272 e. The van der Waals surface area contributed by atoms with E-state index >= 15 is 4.39 Å². The van der Waals surface area contributed by atoms with Gasteiger partial charge >= 0.3 is 0 Å². The number of hydrazine groups is 1. The quantitative estimate of drug-likeness (QED) is 0.0339. The van der Waals surface area contributed by atoms with E-state index in [9.17, 15) is 28.8 Å². The predicted molar refractivity (Wildman–Crippen MR) is 301 cm³/mol. The van der Waals surface area contributed by atoms with E-state index in [1.165, 1.54) is 24.1 Å². The van der Waals surface area contributed by atoms with Gasteiger partial charge in [-0.05, 0) is 130 Å². The Kier molecular flexibility index (Phi) is 20.3. The number of carbonyl (C=O) groups excluding carboxylic acids is 5. The molecule has 1 aliphatic carbocycles. The summed E-state index contributed by atoms with van der Waals surface area (Å²) < 4.78 is 15.1. The second-order valence-electron chi connectivity index (χ2n) is 21.5. The molecule has 4 saturated heterocycles. The van der Waals surface area contributed by atoms with Gasteiger partial charge in [-0.1, -0.05) is 81.0 Å². The third-order valence-electron chi connectivity index (χ3n) is 16.4. The maximum atomic E-state index is 15.1. The van der Waals surface area contributed by atoms with Crippen molar-refractivity contribution in [3.8, 4) is 0 Å². The van der Waals surface area contributed by atoms with E-state index < -0.39 is 17.8 Å². The molecular weight excluding hydrogens is 990 g/mol. The van der Waals surface area contributed by atoms with Crippen molar-refractivity contribution < 1.29 is 28.4 Å². The summed E-state index contributed by atoms with van der Waals surface area (Å²) in [4.78, 5) is 88.4. The monoisotopic (exact) mass is 1070 g/mol. The van der Waals surface area contributed by atoms with E-state index in [4.69, 9.17) is 5.84 Å². The van der Waals surface area contributed by atoms with Crippen molar-refractivity contribution in [1.82, 2.24) is 50.8 Å². The molecule has 78 heavy (non-hydrogen) atoms. The van der Waals surface area contributed by atoms with Crippen LogP contribution in [0, 0.1) is 17.7 Å². The van der Waals surface area contributed by atoms with Crippen LogP contribution >= 0.6 is 0 Å². The Morgan fingerprint density at radius 3 is 2.19 bits per heavy atom. The van der Waals surface area contributed by atoms with Crippen LogP contribution in [0.4, 0.5) is 4.39 Å². The van der Waals surface area contributed by atoms with Crippen LogP contribution in [0.1, 0.15) is 108 Å². The van der Waals surface area contributed by atoms with Gasteiger partial charge in [-0.15, -0.1) is 0 Å². The van der Waals surface area contributed by atoms with Crippen LogP contribution in [0.3, 0.4) is 0 Å². The fourth-order valence-electron chi connectivity index (χ4n) is 11.8. The maximum Gasteiger partial charge on any atom is 0.272 e. The number of piperidine rings is 2. The number of hydrogen-bond donors (Lipinski definition) is 5. The van der Waals surface area contributed by atoms with E-state index in [2.05, 4.69) is 49.9 Å². The minimum atomic E-state index is -0.599. The average Bonchev–Trinajstić information content (AvgIpc) is 3.52. The van der Waals surface area contributed by atoms with Gasteiger partial charge in [0.2, 0.25) is 11.8 Å². The van der Waals surface area contributed by atoms with Gasteiger partial charge in [0.25, 0.3) is 23.3 Å². The van der Waals surface area contributed by atoms with Gasteiger partial charge in [0.1, 0.15) is 11.9 Å². The number of piperazine rings is 2. The number of aromatic nitrogens is 2. The third kappa shape index (κ3) is 14.6. The van der Waals surface area contributed by atoms with Gasteiger partial charge in [0.05, 0.1) is 23.2 Å². The summed E-state index contributed by atoms with van der Waals surface area (Å²) in [5.41, 5.74) is 5.89. The van der Waals surface area contributed by atoms with Gasteiger partial charge < -0.3 is 25.3 Å². The highest BCUT2D eigenvalue weighted by Crippen LogP contribution is 2.30. The molecule has 6 N–H and O–H groups in total. The average molecular weight is 1070 g/mol. The number of carbonyl (C=O) groups is 5. The SMILES string of the molecule is C=CC(=C)/C(=C\C)C(=O)NN.O=C(NC(C(=O)N1CCN(CC2CCN(CC(=O)N3CCN(C(=O)c4cc(Cc5n[nH]c(=O)c6ccccc56)ccc4F)CC3)CC2)CC1)C1CCCCC1)c1cccc(C2CCCNC2)c1. The maximum absolute atomic E-state index is 15.1. The standard InChI is InChI=1S/C52H66FN9O5.C8H12N2O/c53-45-16-15-37(31-46-42-13-4-5-14-43(42)50(65)57-56-46)30-44(45)51(66)61-28-26-60(27-29-61)47(63)35-58-20-17-36(18-21-58)34-59-22-24-62(25-23-59)52(67)48(38-8-2-1-3-9-38)55-49(64)40-11-6-10-39(32-40)41-12-7-19-54-33-41;1-4-6(3)7(5-2)8(11)10-9/h4-6,10-11,13-16,30,32,36,38,41,48,54H,1-3,7-9,12,17-29,31,33-35H2,(H,55,64)(H,57,65);4-5H,1,3,9H2,2H3,(H,10,11)/b;7-5+.